The zero-order valence-corrected chi connectivity index (χ0v) is 21.0. The molecule has 4 aromatic carbocycles. The van der Waals surface area contributed by atoms with Gasteiger partial charge in [0.05, 0.1) is 29.5 Å². The van der Waals surface area contributed by atoms with Crippen LogP contribution in [0.1, 0.15) is 56.9 Å². The third-order valence-corrected chi connectivity index (χ3v) is 7.19. The summed E-state index contributed by atoms with van der Waals surface area (Å²) in [4.78, 5) is 25.9. The summed E-state index contributed by atoms with van der Waals surface area (Å²) in [5, 5.41) is 71.9. The maximum Gasteiger partial charge on any atom is 0.200 e. The van der Waals surface area contributed by atoms with Crippen LogP contribution in [0.15, 0.2) is 54.6 Å². The molecule has 7 N–H and O–H groups in total. The Balaban J connectivity index is 1.46. The van der Waals surface area contributed by atoms with Crippen molar-refractivity contribution in [3.8, 4) is 62.9 Å². The van der Waals surface area contributed by atoms with Crippen molar-refractivity contribution in [3.63, 3.8) is 0 Å². The molecule has 4 aromatic rings. The van der Waals surface area contributed by atoms with Gasteiger partial charge in [-0.05, 0) is 54.1 Å². The normalized spacial score (nSPS) is 17.8. The number of hydrogen-bond acceptors (Lipinski definition) is 11. The summed E-state index contributed by atoms with van der Waals surface area (Å²) in [6.07, 6.45) is -2.31. The number of rotatable bonds is 3. The van der Waals surface area contributed by atoms with E-state index in [0.29, 0.717) is 0 Å². The van der Waals surface area contributed by atoms with Gasteiger partial charge in [-0.1, -0.05) is 0 Å². The molecule has 0 radical (unpaired) electrons. The average molecular weight is 558 g/mol. The number of ether oxygens (including phenoxy) is 2. The van der Waals surface area contributed by atoms with Gasteiger partial charge in [0.15, 0.2) is 40.3 Å². The second-order valence-electron chi connectivity index (χ2n) is 9.83. The van der Waals surface area contributed by atoms with E-state index < -0.39 is 52.5 Å². The minimum absolute atomic E-state index is 0.0686. The summed E-state index contributed by atoms with van der Waals surface area (Å²) in [6.45, 7) is 0. The van der Waals surface area contributed by atoms with Crippen molar-refractivity contribution in [2.75, 3.05) is 0 Å². The van der Waals surface area contributed by atoms with Crippen LogP contribution in [-0.2, 0) is 0 Å². The number of carbonyl (C=O) groups excluding carboxylic acids is 2. The molecule has 11 heteroatoms. The molecule has 0 amide bonds. The number of Topliss-reactive ketones (excluding diaryl/α,β-unsaturated/α-hetero) is 2. The molecule has 0 bridgehead atoms. The quantitative estimate of drug-likeness (QED) is 0.172. The first kappa shape index (κ1) is 25.7. The summed E-state index contributed by atoms with van der Waals surface area (Å²) in [6, 6.07) is 11.5. The van der Waals surface area contributed by atoms with Gasteiger partial charge in [-0.15, -0.1) is 0 Å². The highest BCUT2D eigenvalue weighted by Gasteiger charge is 2.35. The highest BCUT2D eigenvalue weighted by molar-refractivity contribution is 6.04. The number of aromatic hydroxyl groups is 7. The molecule has 2 atom stereocenters. The van der Waals surface area contributed by atoms with E-state index in [1.54, 1.807) is 0 Å². The topological polar surface area (TPSA) is 194 Å². The summed E-state index contributed by atoms with van der Waals surface area (Å²) >= 11 is 0. The van der Waals surface area contributed by atoms with E-state index in [1.807, 2.05) is 0 Å². The standard InChI is InChI=1S/C30H22O11/c31-14-1-2-15-19(33)10-24(40-26(15)9-14)12-5-17(28(38)21(35)6-12)27-18(32)4-3-16-20(34)11-25(41-30(16)27)13-7-22(36)29(39)23(37)8-13/h1-9,24-25,31-32,35-39H,10-11H2/t24-,25+/m1/s1. The third-order valence-electron chi connectivity index (χ3n) is 7.19. The highest BCUT2D eigenvalue weighted by atomic mass is 16.5. The number of fused-ring (bicyclic) bond motifs is 2. The predicted octanol–water partition coefficient (Wildman–Crippen LogP) is 4.71. The molecule has 0 spiro atoms. The Kier molecular flexibility index (Phi) is 5.80. The van der Waals surface area contributed by atoms with Gasteiger partial charge in [0.25, 0.3) is 0 Å². The van der Waals surface area contributed by atoms with Crippen LogP contribution in [0.4, 0.5) is 0 Å². The first-order valence-corrected chi connectivity index (χ1v) is 12.4. The Labute approximate surface area is 231 Å². The van der Waals surface area contributed by atoms with Crippen LogP contribution >= 0.6 is 0 Å². The number of phenolic OH excluding ortho intramolecular Hbond substituents is 7. The second kappa shape index (κ2) is 9.26. The van der Waals surface area contributed by atoms with Crippen molar-refractivity contribution in [3.05, 3.63) is 76.9 Å². The van der Waals surface area contributed by atoms with Crippen LogP contribution in [0.5, 0.6) is 51.7 Å². The summed E-state index contributed by atoms with van der Waals surface area (Å²) in [5.74, 6) is -4.46. The molecule has 0 unspecified atom stereocenters. The van der Waals surface area contributed by atoms with Crippen molar-refractivity contribution in [2.45, 2.75) is 25.0 Å². The zero-order valence-electron chi connectivity index (χ0n) is 21.0. The van der Waals surface area contributed by atoms with Crippen LogP contribution < -0.4 is 9.47 Å². The Bertz CT molecular complexity index is 1750. The van der Waals surface area contributed by atoms with Gasteiger partial charge in [-0.3, -0.25) is 9.59 Å². The monoisotopic (exact) mass is 558 g/mol. The Hall–Kier alpha value is -5.58. The van der Waals surface area contributed by atoms with Gasteiger partial charge in [-0.2, -0.15) is 0 Å². The van der Waals surface area contributed by atoms with Crippen LogP contribution in [0.2, 0.25) is 0 Å². The van der Waals surface area contributed by atoms with Crippen LogP contribution in [0.25, 0.3) is 11.1 Å². The molecule has 0 fully saturated rings. The molecule has 2 aliphatic rings. The largest absolute Gasteiger partial charge is 0.508 e. The molecule has 0 saturated heterocycles. The molecule has 41 heavy (non-hydrogen) atoms. The van der Waals surface area contributed by atoms with Crippen molar-refractivity contribution >= 4 is 11.6 Å². The van der Waals surface area contributed by atoms with Gasteiger partial charge in [-0.25, -0.2) is 0 Å². The number of benzene rings is 4. The first-order valence-electron chi connectivity index (χ1n) is 12.4. The van der Waals surface area contributed by atoms with Crippen molar-refractivity contribution in [1.82, 2.24) is 0 Å². The van der Waals surface area contributed by atoms with E-state index in [0.717, 1.165) is 12.1 Å². The van der Waals surface area contributed by atoms with E-state index in [1.165, 1.54) is 42.5 Å². The van der Waals surface area contributed by atoms with Gasteiger partial charge in [0.1, 0.15) is 35.2 Å². The van der Waals surface area contributed by atoms with E-state index in [-0.39, 0.29) is 69.3 Å². The second-order valence-corrected chi connectivity index (χ2v) is 9.83. The highest BCUT2D eigenvalue weighted by Crippen LogP contribution is 2.52. The lowest BCUT2D eigenvalue weighted by atomic mass is 9.89. The predicted molar refractivity (Wildman–Crippen MR) is 141 cm³/mol. The number of hydrogen-bond donors (Lipinski definition) is 7. The summed E-state index contributed by atoms with van der Waals surface area (Å²) < 4.78 is 12.0. The fourth-order valence-electron chi connectivity index (χ4n) is 5.15. The lowest BCUT2D eigenvalue weighted by Gasteiger charge is -2.29. The van der Waals surface area contributed by atoms with Gasteiger partial charge >= 0.3 is 0 Å². The Morgan fingerprint density at radius 2 is 1.12 bits per heavy atom. The number of phenols is 7. The van der Waals surface area contributed by atoms with Gasteiger partial charge < -0.3 is 45.2 Å². The molecule has 0 aliphatic carbocycles. The lowest BCUT2D eigenvalue weighted by Crippen LogP contribution is -2.21. The minimum Gasteiger partial charge on any atom is -0.508 e. The van der Waals surface area contributed by atoms with Crippen LogP contribution in [0.3, 0.4) is 0 Å². The molecule has 208 valence electrons. The Morgan fingerprint density at radius 1 is 0.561 bits per heavy atom. The van der Waals surface area contributed by atoms with Crippen molar-refractivity contribution < 1.29 is 54.8 Å². The molecular formula is C30H22O11. The number of carbonyl (C=O) groups is 2. The van der Waals surface area contributed by atoms with E-state index in [9.17, 15) is 45.3 Å². The smallest absolute Gasteiger partial charge is 0.200 e. The first-order chi connectivity index (χ1) is 19.5. The van der Waals surface area contributed by atoms with Crippen LogP contribution in [-0.4, -0.2) is 47.3 Å². The van der Waals surface area contributed by atoms with Crippen LogP contribution in [0, 0.1) is 0 Å². The maximum atomic E-state index is 13.1. The Morgan fingerprint density at radius 3 is 1.80 bits per heavy atom. The third kappa shape index (κ3) is 4.24. The summed E-state index contributed by atoms with van der Waals surface area (Å²) in [5.41, 5.74) is 0.490. The minimum atomic E-state index is -1.06. The summed E-state index contributed by atoms with van der Waals surface area (Å²) in [7, 11) is 0. The van der Waals surface area contributed by atoms with E-state index >= 15 is 0 Å². The molecule has 2 heterocycles. The molecule has 2 aliphatic heterocycles. The molecule has 0 saturated carbocycles. The fourth-order valence-corrected chi connectivity index (χ4v) is 5.15. The number of ketones is 2. The molecule has 11 nitrogen and oxygen atoms in total. The van der Waals surface area contributed by atoms with Gasteiger partial charge in [0, 0.05) is 17.2 Å². The van der Waals surface area contributed by atoms with Crippen molar-refractivity contribution in [1.29, 1.82) is 0 Å². The molecule has 0 aromatic heterocycles. The molecule has 6 rings (SSSR count). The van der Waals surface area contributed by atoms with E-state index in [2.05, 4.69) is 0 Å². The average Bonchev–Trinajstić information content (AvgIpc) is 2.92. The van der Waals surface area contributed by atoms with Gasteiger partial charge in [0.2, 0.25) is 0 Å². The van der Waals surface area contributed by atoms with E-state index in [4.69, 9.17) is 9.47 Å². The lowest BCUT2D eigenvalue weighted by molar-refractivity contribution is 0.0839. The maximum absolute atomic E-state index is 13.1. The molecular weight excluding hydrogens is 536 g/mol. The SMILES string of the molecule is O=C1C[C@H](c2cc(O)c(O)c(-c3c(O)ccc4c3O[C@H](c3cc(O)c(O)c(O)c3)CC4=O)c2)Oc2cc(O)ccc21. The fraction of sp³-hybridized carbons (Fsp3) is 0.133. The zero-order chi connectivity index (χ0) is 29.2. The van der Waals surface area contributed by atoms with Crippen molar-refractivity contribution in [2.24, 2.45) is 0 Å².